The number of amides is 1. The minimum Gasteiger partial charge on any atom is -0.480 e. The average molecular weight is 351 g/mol. The van der Waals surface area contributed by atoms with Crippen LogP contribution < -0.4 is 4.90 Å². The minimum atomic E-state index is -0.913. The second-order valence-electron chi connectivity index (χ2n) is 5.97. The van der Waals surface area contributed by atoms with E-state index < -0.39 is 12.0 Å². The van der Waals surface area contributed by atoms with Crippen LogP contribution in [0.1, 0.15) is 35.4 Å². The first kappa shape index (κ1) is 14.9. The van der Waals surface area contributed by atoms with Gasteiger partial charge in [0.2, 0.25) is 0 Å². The van der Waals surface area contributed by atoms with Crippen LogP contribution in [0.4, 0.5) is 5.13 Å². The Morgan fingerprint density at radius 2 is 1.96 bits per heavy atom. The number of fused-ring (bicyclic) bond motifs is 1. The van der Waals surface area contributed by atoms with E-state index >= 15 is 0 Å². The van der Waals surface area contributed by atoms with Crippen LogP contribution in [0.2, 0.25) is 0 Å². The van der Waals surface area contributed by atoms with Crippen molar-refractivity contribution in [2.75, 3.05) is 24.5 Å². The van der Waals surface area contributed by atoms with E-state index in [1.165, 1.54) is 29.1 Å². The minimum absolute atomic E-state index is 0.173. The van der Waals surface area contributed by atoms with Crippen LogP contribution in [-0.4, -0.2) is 52.5 Å². The number of carbonyl (C=O) groups is 2. The number of likely N-dealkylation sites (tertiary alicyclic amines) is 1. The number of aliphatic carboxylic acids is 1. The molecule has 1 N–H and O–H groups in total. The SMILES string of the molecule is O=C(O)[C@H]1CCCN1C(=O)c1cc2sc(N3CCCC3)nc2s1. The fraction of sp³-hybridized carbons (Fsp3) is 0.533. The highest BCUT2D eigenvalue weighted by Gasteiger charge is 2.35. The molecule has 4 heterocycles. The molecule has 2 fully saturated rings. The zero-order valence-electron chi connectivity index (χ0n) is 12.5. The van der Waals surface area contributed by atoms with Gasteiger partial charge in [-0.15, -0.1) is 11.3 Å². The van der Waals surface area contributed by atoms with Gasteiger partial charge in [-0.2, -0.15) is 0 Å². The number of anilines is 1. The number of thiophene rings is 1. The Morgan fingerprint density at radius 3 is 2.65 bits per heavy atom. The fourth-order valence-electron chi connectivity index (χ4n) is 3.28. The Kier molecular flexibility index (Phi) is 3.73. The van der Waals surface area contributed by atoms with E-state index in [-0.39, 0.29) is 5.91 Å². The van der Waals surface area contributed by atoms with Gasteiger partial charge in [0.05, 0.1) is 9.58 Å². The van der Waals surface area contributed by atoms with Crippen LogP contribution >= 0.6 is 22.7 Å². The first-order valence-electron chi connectivity index (χ1n) is 7.82. The van der Waals surface area contributed by atoms with Gasteiger partial charge in [-0.05, 0) is 31.7 Å². The van der Waals surface area contributed by atoms with Crippen molar-refractivity contribution in [2.24, 2.45) is 0 Å². The van der Waals surface area contributed by atoms with Crippen LogP contribution in [-0.2, 0) is 4.79 Å². The Hall–Kier alpha value is -1.67. The predicted molar refractivity (Wildman–Crippen MR) is 90.6 cm³/mol. The van der Waals surface area contributed by atoms with Crippen LogP contribution in [0.15, 0.2) is 6.07 Å². The van der Waals surface area contributed by atoms with Crippen molar-refractivity contribution < 1.29 is 14.7 Å². The van der Waals surface area contributed by atoms with Crippen LogP contribution in [0.5, 0.6) is 0 Å². The molecule has 8 heteroatoms. The van der Waals surface area contributed by atoms with Crippen molar-refractivity contribution in [3.05, 3.63) is 10.9 Å². The number of hydrogen-bond acceptors (Lipinski definition) is 6. The van der Waals surface area contributed by atoms with Gasteiger partial charge >= 0.3 is 5.97 Å². The van der Waals surface area contributed by atoms with Crippen molar-refractivity contribution in [3.8, 4) is 0 Å². The molecule has 0 radical (unpaired) electrons. The number of carboxylic acids is 1. The van der Waals surface area contributed by atoms with Crippen molar-refractivity contribution in [1.82, 2.24) is 9.88 Å². The van der Waals surface area contributed by atoms with Gasteiger partial charge < -0.3 is 14.9 Å². The second kappa shape index (κ2) is 5.76. The van der Waals surface area contributed by atoms with E-state index in [1.54, 1.807) is 11.3 Å². The van der Waals surface area contributed by atoms with Gasteiger partial charge in [0, 0.05) is 19.6 Å². The lowest BCUT2D eigenvalue weighted by atomic mass is 10.2. The summed E-state index contributed by atoms with van der Waals surface area (Å²) >= 11 is 2.99. The molecule has 2 aromatic heterocycles. The molecule has 4 rings (SSSR count). The molecule has 0 saturated carbocycles. The summed E-state index contributed by atoms with van der Waals surface area (Å²) in [6, 6.07) is 1.19. The van der Waals surface area contributed by atoms with E-state index in [1.807, 2.05) is 6.07 Å². The first-order chi connectivity index (χ1) is 11.1. The van der Waals surface area contributed by atoms with Crippen molar-refractivity contribution in [2.45, 2.75) is 31.7 Å². The van der Waals surface area contributed by atoms with Crippen LogP contribution in [0.3, 0.4) is 0 Å². The summed E-state index contributed by atoms with van der Waals surface area (Å²) in [6.45, 7) is 2.63. The highest BCUT2D eigenvalue weighted by atomic mass is 32.1. The third-order valence-corrected chi connectivity index (χ3v) is 6.67. The largest absolute Gasteiger partial charge is 0.480 e. The molecule has 0 aromatic carbocycles. The summed E-state index contributed by atoms with van der Waals surface area (Å²) in [5.41, 5.74) is 0. The highest BCUT2D eigenvalue weighted by Crippen LogP contribution is 2.36. The standard InChI is InChI=1S/C15H17N3O3S2/c19-13(18-7-3-4-9(18)14(20)21)11-8-10-12(22-11)16-15(23-10)17-5-1-2-6-17/h8-9H,1-7H2,(H,20,21)/t9-/m1/s1. The number of nitrogens with zero attached hydrogens (tertiary/aromatic N) is 3. The third-order valence-electron chi connectivity index (χ3n) is 4.46. The maximum absolute atomic E-state index is 12.6. The normalized spacial score (nSPS) is 21.5. The van der Waals surface area contributed by atoms with Crippen LogP contribution in [0.25, 0.3) is 9.53 Å². The lowest BCUT2D eigenvalue weighted by molar-refractivity contribution is -0.141. The average Bonchev–Trinajstić information content (AvgIpc) is 3.26. The molecule has 2 saturated heterocycles. The lowest BCUT2D eigenvalue weighted by Crippen LogP contribution is -2.40. The summed E-state index contributed by atoms with van der Waals surface area (Å²) in [5, 5.41) is 10.3. The Balaban J connectivity index is 1.58. The maximum Gasteiger partial charge on any atom is 0.326 e. The molecule has 1 atom stereocenters. The van der Waals surface area contributed by atoms with E-state index in [0.29, 0.717) is 17.8 Å². The van der Waals surface area contributed by atoms with Gasteiger partial charge in [-0.1, -0.05) is 11.3 Å². The van der Waals surface area contributed by atoms with Gasteiger partial charge in [0.1, 0.15) is 10.9 Å². The number of thiazole rings is 1. The maximum atomic E-state index is 12.6. The zero-order chi connectivity index (χ0) is 16.0. The molecule has 2 aliphatic heterocycles. The molecule has 2 aliphatic rings. The van der Waals surface area contributed by atoms with Crippen molar-refractivity contribution in [1.29, 1.82) is 0 Å². The Bertz CT molecular complexity index is 732. The third kappa shape index (κ3) is 2.59. The molecule has 1 amide bonds. The van der Waals surface area contributed by atoms with Crippen molar-refractivity contribution in [3.63, 3.8) is 0 Å². The smallest absolute Gasteiger partial charge is 0.326 e. The highest BCUT2D eigenvalue weighted by molar-refractivity contribution is 7.29. The summed E-state index contributed by atoms with van der Waals surface area (Å²) in [7, 11) is 0. The Morgan fingerprint density at radius 1 is 1.17 bits per heavy atom. The summed E-state index contributed by atoms with van der Waals surface area (Å²) in [6.07, 6.45) is 3.71. The zero-order valence-corrected chi connectivity index (χ0v) is 14.2. The number of rotatable bonds is 3. The molecule has 122 valence electrons. The van der Waals surface area contributed by atoms with E-state index in [4.69, 9.17) is 0 Å². The topological polar surface area (TPSA) is 73.7 Å². The molecule has 6 nitrogen and oxygen atoms in total. The number of carbonyl (C=O) groups excluding carboxylic acids is 1. The Labute approximate surface area is 141 Å². The molecule has 2 aromatic rings. The second-order valence-corrected chi connectivity index (χ2v) is 8.01. The monoisotopic (exact) mass is 351 g/mol. The van der Waals surface area contributed by atoms with E-state index in [2.05, 4.69) is 9.88 Å². The molecule has 23 heavy (non-hydrogen) atoms. The first-order valence-corrected chi connectivity index (χ1v) is 9.46. The number of aromatic nitrogens is 1. The van der Waals surface area contributed by atoms with Gasteiger partial charge in [0.15, 0.2) is 5.13 Å². The molecule has 0 aliphatic carbocycles. The molecular weight excluding hydrogens is 334 g/mol. The summed E-state index contributed by atoms with van der Waals surface area (Å²) < 4.78 is 1.02. The van der Waals surface area contributed by atoms with Crippen molar-refractivity contribution >= 4 is 49.2 Å². The lowest BCUT2D eigenvalue weighted by Gasteiger charge is -2.20. The predicted octanol–water partition coefficient (Wildman–Crippen LogP) is 2.65. The van der Waals surface area contributed by atoms with Crippen LogP contribution in [0, 0.1) is 0 Å². The van der Waals surface area contributed by atoms with E-state index in [0.717, 1.165) is 34.2 Å². The van der Waals surface area contributed by atoms with E-state index in [9.17, 15) is 14.7 Å². The molecule has 0 spiro atoms. The molecule has 0 bridgehead atoms. The number of hydrogen-bond donors (Lipinski definition) is 1. The quantitative estimate of drug-likeness (QED) is 0.920. The van der Waals surface area contributed by atoms with Gasteiger partial charge in [-0.25, -0.2) is 9.78 Å². The summed E-state index contributed by atoms with van der Waals surface area (Å²) in [4.78, 5) is 33.8. The van der Waals surface area contributed by atoms with Gasteiger partial charge in [0.25, 0.3) is 5.91 Å². The number of carboxylic acid groups (broad SMARTS) is 1. The fourth-order valence-corrected chi connectivity index (χ4v) is 5.50. The summed E-state index contributed by atoms with van der Waals surface area (Å²) in [5.74, 6) is -1.09. The molecule has 0 unspecified atom stereocenters. The molecular formula is C15H17N3O3S2. The van der Waals surface area contributed by atoms with Gasteiger partial charge in [-0.3, -0.25) is 4.79 Å².